The van der Waals surface area contributed by atoms with Crippen molar-refractivity contribution in [1.29, 1.82) is 0 Å². The molecule has 0 aliphatic heterocycles. The van der Waals surface area contributed by atoms with Crippen LogP contribution in [0, 0.1) is 5.82 Å². The molecule has 0 radical (unpaired) electrons. The molecule has 1 aliphatic rings. The molecule has 0 saturated heterocycles. The summed E-state index contributed by atoms with van der Waals surface area (Å²) in [5.41, 5.74) is 0.676. The number of methoxy groups -OCH3 is 3. The van der Waals surface area contributed by atoms with E-state index >= 15 is 4.39 Å². The first-order valence-electron chi connectivity index (χ1n) is 11.5. The number of halogens is 2. The Morgan fingerprint density at radius 3 is 2.29 bits per heavy atom. The number of rotatable bonds is 9. The number of carbonyl (C=O) groups excluding carboxylic acids is 4. The summed E-state index contributed by atoms with van der Waals surface area (Å²) in [5.74, 6) is -3.55. The SMILES string of the molecule is COC(=O)COc1cc(N(Cc2cncc(C(=O)OC)c2)C(=O)C2=C(C(=O)OC)CCCC2)c(F)cc1Cl. The van der Waals surface area contributed by atoms with Crippen molar-refractivity contribution in [3.05, 3.63) is 63.7 Å². The van der Waals surface area contributed by atoms with Crippen LogP contribution in [0.5, 0.6) is 5.75 Å². The van der Waals surface area contributed by atoms with Crippen molar-refractivity contribution in [2.75, 3.05) is 32.8 Å². The predicted octanol–water partition coefficient (Wildman–Crippen LogP) is 3.79. The number of hydrogen-bond donors (Lipinski definition) is 0. The van der Waals surface area contributed by atoms with Gasteiger partial charge < -0.3 is 23.8 Å². The normalized spacial score (nSPS) is 13.0. The summed E-state index contributed by atoms with van der Waals surface area (Å²) in [6, 6.07) is 3.58. The highest BCUT2D eigenvalue weighted by Gasteiger charge is 2.31. The average Bonchev–Trinajstić information content (AvgIpc) is 2.94. The topological polar surface area (TPSA) is 121 Å². The van der Waals surface area contributed by atoms with E-state index in [1.54, 1.807) is 0 Å². The van der Waals surface area contributed by atoms with E-state index < -0.39 is 36.2 Å². The standard InChI is InChI=1S/C26H26ClFN2O8/c1-35-23(31)14-38-22-10-21(20(28)9-19(22)27)30(13-15-8-16(12-29-11-15)25(33)36-2)24(32)17-6-4-5-7-18(17)26(34)37-3/h8-12H,4-7,13-14H2,1-3H3. The Morgan fingerprint density at radius 1 is 0.947 bits per heavy atom. The van der Waals surface area contributed by atoms with E-state index in [1.807, 2.05) is 0 Å². The summed E-state index contributed by atoms with van der Waals surface area (Å²) >= 11 is 6.12. The molecule has 0 atom stereocenters. The summed E-state index contributed by atoms with van der Waals surface area (Å²) in [4.78, 5) is 55.0. The largest absolute Gasteiger partial charge is 0.480 e. The molecule has 1 heterocycles. The fourth-order valence-corrected chi connectivity index (χ4v) is 4.14. The summed E-state index contributed by atoms with van der Waals surface area (Å²) in [6.45, 7) is -0.735. The predicted molar refractivity (Wildman–Crippen MR) is 133 cm³/mol. The molecule has 12 heteroatoms. The number of hydrogen-bond acceptors (Lipinski definition) is 9. The fraction of sp³-hybridized carbons (Fsp3) is 0.346. The highest BCUT2D eigenvalue weighted by molar-refractivity contribution is 6.32. The summed E-state index contributed by atoms with van der Waals surface area (Å²) in [6.07, 6.45) is 4.64. The van der Waals surface area contributed by atoms with Crippen LogP contribution < -0.4 is 9.64 Å². The quantitative estimate of drug-likeness (QED) is 0.340. The first-order valence-corrected chi connectivity index (χ1v) is 11.9. The Balaban J connectivity index is 2.12. The Morgan fingerprint density at radius 2 is 1.63 bits per heavy atom. The molecule has 1 amide bonds. The second kappa shape index (κ2) is 13.0. The lowest BCUT2D eigenvalue weighted by atomic mass is 9.90. The van der Waals surface area contributed by atoms with Crippen LogP contribution in [0.25, 0.3) is 0 Å². The molecule has 0 saturated carbocycles. The Labute approximate surface area is 223 Å². The molecule has 0 bridgehead atoms. The van der Waals surface area contributed by atoms with Gasteiger partial charge in [0.15, 0.2) is 6.61 Å². The number of benzene rings is 1. The zero-order valence-corrected chi connectivity index (χ0v) is 21.8. The first-order chi connectivity index (χ1) is 18.2. The summed E-state index contributed by atoms with van der Waals surface area (Å²) < 4.78 is 34.9. The van der Waals surface area contributed by atoms with Gasteiger partial charge in [-0.15, -0.1) is 0 Å². The van der Waals surface area contributed by atoms with Crippen LogP contribution in [0.2, 0.25) is 5.02 Å². The van der Waals surface area contributed by atoms with E-state index in [-0.39, 0.29) is 46.1 Å². The number of pyridine rings is 1. The molecule has 0 fully saturated rings. The van der Waals surface area contributed by atoms with Crippen LogP contribution in [-0.2, 0) is 35.1 Å². The van der Waals surface area contributed by atoms with E-state index in [0.717, 1.165) is 11.0 Å². The zero-order chi connectivity index (χ0) is 27.8. The molecule has 202 valence electrons. The van der Waals surface area contributed by atoms with Crippen molar-refractivity contribution < 1.29 is 42.5 Å². The zero-order valence-electron chi connectivity index (χ0n) is 21.0. The molecule has 0 spiro atoms. The van der Waals surface area contributed by atoms with Crippen molar-refractivity contribution in [2.24, 2.45) is 0 Å². The molecular weight excluding hydrogens is 523 g/mol. The van der Waals surface area contributed by atoms with Crippen molar-refractivity contribution in [1.82, 2.24) is 4.98 Å². The second-order valence-electron chi connectivity index (χ2n) is 8.22. The van der Waals surface area contributed by atoms with Crippen LogP contribution in [0.15, 0.2) is 41.7 Å². The maximum atomic E-state index is 15.3. The number of aromatic nitrogens is 1. The molecule has 0 N–H and O–H groups in total. The lowest BCUT2D eigenvalue weighted by molar-refractivity contribution is -0.143. The molecule has 3 rings (SSSR count). The lowest BCUT2D eigenvalue weighted by Gasteiger charge is -2.28. The molecule has 1 aromatic carbocycles. The van der Waals surface area contributed by atoms with Crippen molar-refractivity contribution >= 4 is 41.1 Å². The monoisotopic (exact) mass is 548 g/mol. The smallest absolute Gasteiger partial charge is 0.343 e. The van der Waals surface area contributed by atoms with Gasteiger partial charge in [0.1, 0.15) is 11.6 Å². The molecule has 10 nitrogen and oxygen atoms in total. The van der Waals surface area contributed by atoms with E-state index in [0.29, 0.717) is 24.8 Å². The Kier molecular flexibility index (Phi) is 9.78. The van der Waals surface area contributed by atoms with Crippen molar-refractivity contribution in [2.45, 2.75) is 32.2 Å². The minimum Gasteiger partial charge on any atom is -0.480 e. The highest BCUT2D eigenvalue weighted by atomic mass is 35.5. The Bertz CT molecular complexity index is 1280. The third-order valence-corrected chi connectivity index (χ3v) is 6.12. The van der Waals surface area contributed by atoms with E-state index in [4.69, 9.17) is 25.8 Å². The summed E-state index contributed by atoms with van der Waals surface area (Å²) in [5, 5.41) is -0.135. The number of nitrogens with zero attached hydrogens (tertiary/aromatic N) is 2. The molecule has 2 aromatic rings. The maximum Gasteiger partial charge on any atom is 0.343 e. The van der Waals surface area contributed by atoms with Gasteiger partial charge in [-0.3, -0.25) is 9.78 Å². The number of carbonyl (C=O) groups is 4. The third kappa shape index (κ3) is 6.65. The van der Waals surface area contributed by atoms with E-state index in [2.05, 4.69) is 9.72 Å². The maximum absolute atomic E-state index is 15.3. The number of ether oxygens (including phenoxy) is 4. The lowest BCUT2D eigenvalue weighted by Crippen LogP contribution is -2.34. The van der Waals surface area contributed by atoms with Gasteiger partial charge in [0.05, 0.1) is 44.1 Å². The number of anilines is 1. The van der Waals surface area contributed by atoms with Crippen LogP contribution in [-0.4, -0.2) is 56.7 Å². The van der Waals surface area contributed by atoms with Crippen LogP contribution in [0.3, 0.4) is 0 Å². The van der Waals surface area contributed by atoms with Gasteiger partial charge >= 0.3 is 17.9 Å². The van der Waals surface area contributed by atoms with E-state index in [9.17, 15) is 19.2 Å². The van der Waals surface area contributed by atoms with Crippen LogP contribution >= 0.6 is 11.6 Å². The van der Waals surface area contributed by atoms with E-state index in [1.165, 1.54) is 45.9 Å². The minimum absolute atomic E-state index is 0.0708. The second-order valence-corrected chi connectivity index (χ2v) is 8.63. The van der Waals surface area contributed by atoms with Gasteiger partial charge in [-0.05, 0) is 43.4 Å². The van der Waals surface area contributed by atoms with Gasteiger partial charge in [-0.1, -0.05) is 11.6 Å². The van der Waals surface area contributed by atoms with Gasteiger partial charge in [0, 0.05) is 29.6 Å². The van der Waals surface area contributed by atoms with Crippen molar-refractivity contribution in [3.63, 3.8) is 0 Å². The van der Waals surface area contributed by atoms with Gasteiger partial charge in [-0.25, -0.2) is 18.8 Å². The third-order valence-electron chi connectivity index (χ3n) is 5.82. The molecule has 0 unspecified atom stereocenters. The highest BCUT2D eigenvalue weighted by Crippen LogP contribution is 2.36. The van der Waals surface area contributed by atoms with Crippen molar-refractivity contribution in [3.8, 4) is 5.75 Å². The number of amides is 1. The van der Waals surface area contributed by atoms with Gasteiger partial charge in [0.25, 0.3) is 5.91 Å². The van der Waals surface area contributed by atoms with Crippen LogP contribution in [0.1, 0.15) is 41.6 Å². The molecular formula is C26H26ClFN2O8. The number of esters is 3. The minimum atomic E-state index is -0.859. The van der Waals surface area contributed by atoms with Gasteiger partial charge in [-0.2, -0.15) is 0 Å². The molecule has 1 aliphatic carbocycles. The summed E-state index contributed by atoms with van der Waals surface area (Å²) in [7, 11) is 3.61. The molecule has 38 heavy (non-hydrogen) atoms. The first kappa shape index (κ1) is 28.6. The Hall–Kier alpha value is -3.99. The fourth-order valence-electron chi connectivity index (χ4n) is 3.94. The average molecular weight is 549 g/mol. The van der Waals surface area contributed by atoms with Gasteiger partial charge in [0.2, 0.25) is 0 Å². The molecule has 1 aromatic heterocycles. The van der Waals surface area contributed by atoms with Crippen LogP contribution in [0.4, 0.5) is 10.1 Å².